The van der Waals surface area contributed by atoms with Crippen molar-refractivity contribution >= 4 is 17.6 Å². The number of amides is 2. The normalized spacial score (nSPS) is 16.9. The van der Waals surface area contributed by atoms with Crippen LogP contribution in [0.1, 0.15) is 64.2 Å². The number of nitrogens with zero attached hydrogens (tertiary/aromatic N) is 3. The van der Waals surface area contributed by atoms with Crippen LogP contribution in [0.3, 0.4) is 0 Å². The van der Waals surface area contributed by atoms with Gasteiger partial charge in [0.1, 0.15) is 5.75 Å². The van der Waals surface area contributed by atoms with E-state index in [-0.39, 0.29) is 36.7 Å². The predicted molar refractivity (Wildman–Crippen MR) is 152 cm³/mol. The molecule has 0 spiro atoms. The molecule has 4 heterocycles. The van der Waals surface area contributed by atoms with Crippen LogP contribution in [0.5, 0.6) is 17.2 Å². The molecule has 0 saturated heterocycles. The number of aryl methyl sites for hydroxylation is 2. The van der Waals surface area contributed by atoms with E-state index in [1.54, 1.807) is 11.8 Å². The Bertz CT molecular complexity index is 1480. The molecule has 1 atom stereocenters. The molecule has 10 heteroatoms. The van der Waals surface area contributed by atoms with E-state index < -0.39 is 0 Å². The Labute approximate surface area is 239 Å². The SMILES string of the molecule is COc1cc2c3cc1OCC(=O)NCCCOc1cccc(c1)C2N(C(=O)CCn1nc(C)c(C(C)=O)c1C)CC3. The highest BCUT2D eigenvalue weighted by Gasteiger charge is 2.34. The second-order valence-electron chi connectivity index (χ2n) is 10.4. The number of carbonyl (C=O) groups excluding carboxylic acids is 3. The van der Waals surface area contributed by atoms with Crippen LogP contribution in [0, 0.1) is 13.8 Å². The van der Waals surface area contributed by atoms with E-state index in [0.29, 0.717) is 67.6 Å². The van der Waals surface area contributed by atoms with Gasteiger partial charge in [0.2, 0.25) is 5.91 Å². The summed E-state index contributed by atoms with van der Waals surface area (Å²) in [6.45, 7) is 6.87. The minimum Gasteiger partial charge on any atom is -0.494 e. The van der Waals surface area contributed by atoms with Gasteiger partial charge in [-0.05, 0) is 74.6 Å². The van der Waals surface area contributed by atoms with Gasteiger partial charge in [0.25, 0.3) is 5.91 Å². The average molecular weight is 561 g/mol. The summed E-state index contributed by atoms with van der Waals surface area (Å²) < 4.78 is 19.3. The maximum atomic E-state index is 13.9. The fourth-order valence-electron chi connectivity index (χ4n) is 5.76. The van der Waals surface area contributed by atoms with E-state index in [1.165, 1.54) is 6.92 Å². The summed E-state index contributed by atoms with van der Waals surface area (Å²) in [6.07, 6.45) is 1.49. The molecule has 1 aromatic heterocycles. The van der Waals surface area contributed by atoms with Gasteiger partial charge in [-0.3, -0.25) is 19.1 Å². The molecule has 6 rings (SSSR count). The van der Waals surface area contributed by atoms with Crippen molar-refractivity contribution in [2.24, 2.45) is 0 Å². The number of aromatic nitrogens is 2. The number of nitrogens with one attached hydrogen (secondary N) is 1. The van der Waals surface area contributed by atoms with Crippen LogP contribution in [0.25, 0.3) is 0 Å². The summed E-state index contributed by atoms with van der Waals surface area (Å²) in [5.74, 6) is 1.42. The lowest BCUT2D eigenvalue weighted by Crippen LogP contribution is -2.41. The zero-order valence-corrected chi connectivity index (χ0v) is 24.0. The zero-order chi connectivity index (χ0) is 29.1. The first-order valence-electron chi connectivity index (χ1n) is 13.9. The summed E-state index contributed by atoms with van der Waals surface area (Å²) in [7, 11) is 1.56. The van der Waals surface area contributed by atoms with Crippen molar-refractivity contribution in [3.05, 3.63) is 70.0 Å². The van der Waals surface area contributed by atoms with Crippen LogP contribution in [-0.2, 0) is 22.6 Å². The first kappa shape index (κ1) is 28.2. The third-order valence-electron chi connectivity index (χ3n) is 7.69. The van der Waals surface area contributed by atoms with Gasteiger partial charge >= 0.3 is 0 Å². The quantitative estimate of drug-likeness (QED) is 0.475. The van der Waals surface area contributed by atoms with Crippen molar-refractivity contribution in [3.8, 4) is 17.2 Å². The Morgan fingerprint density at radius 3 is 2.76 bits per heavy atom. The molecule has 2 amide bonds. The Hall–Kier alpha value is -4.34. The summed E-state index contributed by atoms with van der Waals surface area (Å²) in [6, 6.07) is 11.3. The summed E-state index contributed by atoms with van der Waals surface area (Å²) in [5, 5.41) is 7.37. The van der Waals surface area contributed by atoms with Crippen molar-refractivity contribution in [2.45, 2.75) is 52.6 Å². The number of Topliss-reactive ketones (excluding diaryl/α,β-unsaturated/α-hetero) is 1. The van der Waals surface area contributed by atoms with E-state index in [9.17, 15) is 14.4 Å². The van der Waals surface area contributed by atoms with E-state index in [4.69, 9.17) is 14.2 Å². The first-order chi connectivity index (χ1) is 19.8. The molecule has 10 nitrogen and oxygen atoms in total. The Balaban J connectivity index is 1.51. The van der Waals surface area contributed by atoms with Gasteiger partial charge < -0.3 is 24.4 Å². The lowest BCUT2D eigenvalue weighted by molar-refractivity contribution is -0.133. The molecule has 41 heavy (non-hydrogen) atoms. The first-order valence-corrected chi connectivity index (χ1v) is 13.9. The molecular weight excluding hydrogens is 524 g/mol. The monoisotopic (exact) mass is 560 g/mol. The van der Waals surface area contributed by atoms with Crippen molar-refractivity contribution in [2.75, 3.05) is 33.4 Å². The molecule has 3 aliphatic heterocycles. The van der Waals surface area contributed by atoms with Crippen LogP contribution >= 0.6 is 0 Å². The standard InChI is InChI=1S/C31H36N4O6/c1-19-30(21(3)36)20(2)35(33-19)13-10-29(38)34-12-9-22-16-27-26(39-4)17-25(22)31(34)23-7-5-8-24(15-23)40-14-6-11-32-28(37)18-41-27/h5,7-8,15-17,31H,6,9-14,18H2,1-4H3,(H,32,37). The van der Waals surface area contributed by atoms with Gasteiger partial charge in [0.05, 0.1) is 31.0 Å². The van der Waals surface area contributed by atoms with Crippen LogP contribution in [0.2, 0.25) is 0 Å². The highest BCUT2D eigenvalue weighted by molar-refractivity contribution is 5.96. The van der Waals surface area contributed by atoms with Gasteiger partial charge in [-0.25, -0.2) is 0 Å². The molecule has 2 aromatic carbocycles. The lowest BCUT2D eigenvalue weighted by atomic mass is 9.87. The summed E-state index contributed by atoms with van der Waals surface area (Å²) in [4.78, 5) is 40.1. The Morgan fingerprint density at radius 2 is 2.00 bits per heavy atom. The maximum absolute atomic E-state index is 13.9. The number of hydrogen-bond acceptors (Lipinski definition) is 7. The fraction of sp³-hybridized carbons (Fsp3) is 0.419. The third kappa shape index (κ3) is 5.91. The van der Waals surface area contributed by atoms with Crippen molar-refractivity contribution in [3.63, 3.8) is 0 Å². The summed E-state index contributed by atoms with van der Waals surface area (Å²) in [5.41, 5.74) is 4.95. The average Bonchev–Trinajstić information content (AvgIpc) is 3.25. The number of rotatable bonds is 5. The largest absolute Gasteiger partial charge is 0.494 e. The van der Waals surface area contributed by atoms with Crippen LogP contribution in [0.15, 0.2) is 36.4 Å². The molecule has 6 bridgehead atoms. The molecule has 0 saturated carbocycles. The zero-order valence-electron chi connectivity index (χ0n) is 24.0. The highest BCUT2D eigenvalue weighted by atomic mass is 16.5. The maximum Gasteiger partial charge on any atom is 0.257 e. The molecule has 1 N–H and O–H groups in total. The van der Waals surface area contributed by atoms with E-state index in [1.807, 2.05) is 55.1 Å². The van der Waals surface area contributed by atoms with Crippen LogP contribution in [0.4, 0.5) is 0 Å². The number of hydrogen-bond donors (Lipinski definition) is 1. The number of ketones is 1. The van der Waals surface area contributed by atoms with Gasteiger partial charge in [-0.1, -0.05) is 12.1 Å². The second kappa shape index (κ2) is 12.0. The molecule has 1 unspecified atom stereocenters. The topological polar surface area (TPSA) is 112 Å². The Kier molecular flexibility index (Phi) is 8.28. The molecule has 216 valence electrons. The highest BCUT2D eigenvalue weighted by Crippen LogP contribution is 2.42. The number of benzene rings is 2. The lowest BCUT2D eigenvalue weighted by Gasteiger charge is -2.38. The molecular formula is C31H36N4O6. The molecule has 3 aromatic rings. The molecule has 0 fully saturated rings. The Morgan fingerprint density at radius 1 is 1.17 bits per heavy atom. The molecule has 0 aliphatic carbocycles. The van der Waals surface area contributed by atoms with Crippen molar-refractivity contribution in [1.82, 2.24) is 20.0 Å². The van der Waals surface area contributed by atoms with Crippen molar-refractivity contribution < 1.29 is 28.6 Å². The van der Waals surface area contributed by atoms with Gasteiger partial charge in [-0.2, -0.15) is 5.10 Å². The third-order valence-corrected chi connectivity index (χ3v) is 7.69. The second-order valence-corrected chi connectivity index (χ2v) is 10.4. The number of carbonyl (C=O) groups is 3. The van der Waals surface area contributed by atoms with E-state index in [0.717, 1.165) is 22.4 Å². The minimum absolute atomic E-state index is 0.0192. The van der Waals surface area contributed by atoms with Crippen LogP contribution < -0.4 is 19.5 Å². The smallest absolute Gasteiger partial charge is 0.257 e. The molecule has 3 aliphatic rings. The van der Waals surface area contributed by atoms with E-state index >= 15 is 0 Å². The predicted octanol–water partition coefficient (Wildman–Crippen LogP) is 3.55. The number of methoxy groups -OCH3 is 1. The van der Waals surface area contributed by atoms with Crippen molar-refractivity contribution in [1.29, 1.82) is 0 Å². The summed E-state index contributed by atoms with van der Waals surface area (Å²) >= 11 is 0. The van der Waals surface area contributed by atoms with Gasteiger partial charge in [0.15, 0.2) is 23.9 Å². The number of ether oxygens (including phenoxy) is 3. The minimum atomic E-state index is -0.373. The van der Waals surface area contributed by atoms with E-state index in [2.05, 4.69) is 10.4 Å². The van der Waals surface area contributed by atoms with Gasteiger partial charge in [-0.15, -0.1) is 0 Å². The fourth-order valence-corrected chi connectivity index (χ4v) is 5.76. The van der Waals surface area contributed by atoms with Crippen LogP contribution in [-0.4, -0.2) is 65.7 Å². The molecule has 0 radical (unpaired) electrons. The van der Waals surface area contributed by atoms with Gasteiger partial charge in [0, 0.05) is 31.7 Å². The number of fused-ring (bicyclic) bond motifs is 8.